The van der Waals surface area contributed by atoms with E-state index < -0.39 is 0 Å². The Hall–Kier alpha value is -3.08. The van der Waals surface area contributed by atoms with Gasteiger partial charge in [-0.3, -0.25) is 4.79 Å². The Morgan fingerprint density at radius 1 is 1.18 bits per heavy atom. The topological polar surface area (TPSA) is 64.4 Å². The molecule has 0 unspecified atom stereocenters. The molecular weight excluding hydrogens is 280 g/mol. The average Bonchev–Trinajstić information content (AvgIpc) is 3.00. The number of para-hydroxylation sites is 2. The van der Waals surface area contributed by atoms with Gasteiger partial charge in [0.15, 0.2) is 11.9 Å². The Morgan fingerprint density at radius 2 is 1.95 bits per heavy atom. The van der Waals surface area contributed by atoms with Gasteiger partial charge in [-0.05, 0) is 36.4 Å². The molecule has 2 aromatic carbocycles. The number of oxazole rings is 1. The largest absolute Gasteiger partial charge is 0.497 e. The number of anilines is 1. The number of benzene rings is 2. The lowest BCUT2D eigenvalue weighted by Gasteiger charge is -2.03. The van der Waals surface area contributed by atoms with Crippen LogP contribution < -0.4 is 10.1 Å². The molecule has 0 amide bonds. The van der Waals surface area contributed by atoms with Crippen molar-refractivity contribution in [3.05, 3.63) is 60.6 Å². The zero-order valence-electron chi connectivity index (χ0n) is 11.9. The highest BCUT2D eigenvalue weighted by Gasteiger charge is 2.09. The Balaban J connectivity index is 1.84. The van der Waals surface area contributed by atoms with E-state index in [2.05, 4.69) is 10.3 Å². The maximum absolute atomic E-state index is 11.3. The maximum Gasteiger partial charge on any atom is 0.232 e. The van der Waals surface area contributed by atoms with Gasteiger partial charge in [-0.25, -0.2) is 4.98 Å². The molecule has 0 saturated carbocycles. The number of aromatic nitrogens is 1. The fraction of sp³-hybridized carbons (Fsp3) is 0.0588. The zero-order chi connectivity index (χ0) is 15.4. The first-order chi connectivity index (χ1) is 10.8. The van der Waals surface area contributed by atoms with Crippen LogP contribution in [0.1, 0.15) is 5.89 Å². The van der Waals surface area contributed by atoms with E-state index in [0.29, 0.717) is 17.4 Å². The predicted octanol–water partition coefficient (Wildman–Crippen LogP) is 3.49. The van der Waals surface area contributed by atoms with Crippen molar-refractivity contribution >= 4 is 28.6 Å². The van der Waals surface area contributed by atoms with Crippen LogP contribution in [0.2, 0.25) is 0 Å². The molecule has 0 fully saturated rings. The van der Waals surface area contributed by atoms with Crippen molar-refractivity contribution in [2.24, 2.45) is 0 Å². The summed E-state index contributed by atoms with van der Waals surface area (Å²) in [4.78, 5) is 15.6. The summed E-state index contributed by atoms with van der Waals surface area (Å²) in [6, 6.07) is 14.7. The molecule has 0 spiro atoms. The Kier molecular flexibility index (Phi) is 3.87. The fourth-order valence-electron chi connectivity index (χ4n) is 1.99. The van der Waals surface area contributed by atoms with E-state index >= 15 is 0 Å². The van der Waals surface area contributed by atoms with E-state index in [1.165, 1.54) is 0 Å². The predicted molar refractivity (Wildman–Crippen MR) is 84.7 cm³/mol. The number of rotatable bonds is 5. The highest BCUT2D eigenvalue weighted by atomic mass is 16.5. The minimum atomic E-state index is 0.289. The Bertz CT molecular complexity index is 786. The molecular formula is C17H14N2O3. The van der Waals surface area contributed by atoms with Crippen LogP contribution in [0, 0.1) is 0 Å². The zero-order valence-corrected chi connectivity index (χ0v) is 11.9. The lowest BCUT2D eigenvalue weighted by molar-refractivity contribution is -0.103. The third-order valence-corrected chi connectivity index (χ3v) is 3.15. The van der Waals surface area contributed by atoms with E-state index in [9.17, 15) is 4.79 Å². The molecule has 0 saturated heterocycles. The van der Waals surface area contributed by atoms with E-state index in [1.807, 2.05) is 48.5 Å². The van der Waals surface area contributed by atoms with E-state index in [4.69, 9.17) is 9.15 Å². The molecule has 0 aliphatic carbocycles. The lowest BCUT2D eigenvalue weighted by atomic mass is 10.3. The van der Waals surface area contributed by atoms with E-state index in [1.54, 1.807) is 13.3 Å². The summed E-state index contributed by atoms with van der Waals surface area (Å²) in [6.45, 7) is 0. The van der Waals surface area contributed by atoms with Crippen LogP contribution in [0.5, 0.6) is 5.75 Å². The number of hydrogen-bond donors (Lipinski definition) is 1. The molecule has 5 heteroatoms. The number of allylic oxidation sites excluding steroid dienone is 1. The molecule has 5 nitrogen and oxygen atoms in total. The summed E-state index contributed by atoms with van der Waals surface area (Å²) in [7, 11) is 1.61. The van der Waals surface area contributed by atoms with Crippen LogP contribution in [0.15, 0.2) is 59.1 Å². The van der Waals surface area contributed by atoms with Gasteiger partial charge in [0.2, 0.25) is 5.89 Å². The molecule has 0 aliphatic rings. The van der Waals surface area contributed by atoms with Gasteiger partial charge < -0.3 is 14.5 Å². The normalized spacial score (nSPS) is 11.4. The quantitative estimate of drug-likeness (QED) is 0.576. The second-order valence-electron chi connectivity index (χ2n) is 4.58. The number of methoxy groups -OCH3 is 1. The first-order valence-corrected chi connectivity index (χ1v) is 6.72. The molecule has 3 aromatic rings. The summed E-state index contributed by atoms with van der Waals surface area (Å²) in [5, 5.41) is 3.04. The first-order valence-electron chi connectivity index (χ1n) is 6.72. The summed E-state index contributed by atoms with van der Waals surface area (Å²) in [6.07, 6.45) is 2.28. The standard InChI is InChI=1S/C17H14N2O3/c1-21-14-8-6-13(7-9-14)18-10-12(11-20)17-19-15-4-2-3-5-16(15)22-17/h2-11,18H,1H3. The van der Waals surface area contributed by atoms with Gasteiger partial charge >= 0.3 is 0 Å². The summed E-state index contributed by atoms with van der Waals surface area (Å²) < 4.78 is 10.7. The first kappa shape index (κ1) is 13.9. The number of fused-ring (bicyclic) bond motifs is 1. The summed E-state index contributed by atoms with van der Waals surface area (Å²) in [5.74, 6) is 1.06. The lowest BCUT2D eigenvalue weighted by Crippen LogP contribution is -1.93. The number of carbonyl (C=O) groups is 1. The van der Waals surface area contributed by atoms with Gasteiger partial charge in [-0.2, -0.15) is 0 Å². The van der Waals surface area contributed by atoms with E-state index in [0.717, 1.165) is 17.0 Å². The van der Waals surface area contributed by atoms with Gasteiger partial charge in [-0.15, -0.1) is 0 Å². The van der Waals surface area contributed by atoms with Crippen LogP contribution in [0.3, 0.4) is 0 Å². The molecule has 1 aromatic heterocycles. The van der Waals surface area contributed by atoms with Crippen LogP contribution >= 0.6 is 0 Å². The molecule has 1 N–H and O–H groups in total. The van der Waals surface area contributed by atoms with Crippen molar-refractivity contribution in [1.82, 2.24) is 4.98 Å². The molecule has 1 heterocycles. The van der Waals surface area contributed by atoms with Gasteiger partial charge in [0.05, 0.1) is 12.7 Å². The minimum absolute atomic E-state index is 0.289. The average molecular weight is 294 g/mol. The Morgan fingerprint density at radius 3 is 2.64 bits per heavy atom. The van der Waals surface area contributed by atoms with Crippen molar-refractivity contribution in [3.63, 3.8) is 0 Å². The maximum atomic E-state index is 11.3. The SMILES string of the molecule is COc1ccc(NC=C(C=O)c2nc3ccccc3o2)cc1. The number of ether oxygens (including phenoxy) is 1. The van der Waals surface area contributed by atoms with Gasteiger partial charge in [-0.1, -0.05) is 12.1 Å². The smallest absolute Gasteiger partial charge is 0.232 e. The summed E-state index contributed by atoms with van der Waals surface area (Å²) in [5.41, 5.74) is 2.53. The molecule has 22 heavy (non-hydrogen) atoms. The van der Waals surface area contributed by atoms with Crippen molar-refractivity contribution in [1.29, 1.82) is 0 Å². The van der Waals surface area contributed by atoms with Crippen molar-refractivity contribution < 1.29 is 13.9 Å². The van der Waals surface area contributed by atoms with Crippen LogP contribution in [-0.4, -0.2) is 18.4 Å². The molecule has 110 valence electrons. The van der Waals surface area contributed by atoms with E-state index in [-0.39, 0.29) is 5.89 Å². The van der Waals surface area contributed by atoms with Crippen LogP contribution in [0.25, 0.3) is 16.7 Å². The Labute approximate surface area is 127 Å². The van der Waals surface area contributed by atoms with Crippen molar-refractivity contribution in [2.45, 2.75) is 0 Å². The second-order valence-corrected chi connectivity index (χ2v) is 4.58. The van der Waals surface area contributed by atoms with Gasteiger partial charge in [0.25, 0.3) is 0 Å². The molecule has 0 radical (unpaired) electrons. The summed E-state index contributed by atoms with van der Waals surface area (Å²) >= 11 is 0. The number of carbonyl (C=O) groups excluding carboxylic acids is 1. The molecule has 0 bridgehead atoms. The fourth-order valence-corrected chi connectivity index (χ4v) is 1.99. The van der Waals surface area contributed by atoms with Gasteiger partial charge in [0, 0.05) is 11.9 Å². The number of aldehydes is 1. The molecule has 0 aliphatic heterocycles. The van der Waals surface area contributed by atoms with Crippen molar-refractivity contribution in [2.75, 3.05) is 12.4 Å². The third-order valence-electron chi connectivity index (χ3n) is 3.15. The monoisotopic (exact) mass is 294 g/mol. The number of nitrogens with one attached hydrogen (secondary N) is 1. The van der Waals surface area contributed by atoms with Gasteiger partial charge in [0.1, 0.15) is 11.3 Å². The minimum Gasteiger partial charge on any atom is -0.497 e. The highest BCUT2D eigenvalue weighted by molar-refractivity contribution is 6.06. The number of hydrogen-bond acceptors (Lipinski definition) is 5. The third kappa shape index (κ3) is 2.83. The van der Waals surface area contributed by atoms with Crippen LogP contribution in [-0.2, 0) is 4.79 Å². The molecule has 3 rings (SSSR count). The molecule has 0 atom stereocenters. The second kappa shape index (κ2) is 6.13. The van der Waals surface area contributed by atoms with Crippen LogP contribution in [0.4, 0.5) is 5.69 Å². The highest BCUT2D eigenvalue weighted by Crippen LogP contribution is 2.20. The number of nitrogens with zero attached hydrogens (tertiary/aromatic N) is 1. The van der Waals surface area contributed by atoms with Crippen molar-refractivity contribution in [3.8, 4) is 5.75 Å².